The molecular weight excluding hydrogens is 244 g/mol. The summed E-state index contributed by atoms with van der Waals surface area (Å²) in [5.74, 6) is 0.396. The molecule has 108 valence electrons. The molecule has 1 atom stereocenters. The molecule has 0 radical (unpaired) electrons. The molecule has 5 nitrogen and oxygen atoms in total. The molecule has 0 aromatic rings. The van der Waals surface area contributed by atoms with Gasteiger partial charge in [-0.05, 0) is 38.5 Å². The highest BCUT2D eigenvalue weighted by Crippen LogP contribution is 2.24. The second-order valence-electron chi connectivity index (χ2n) is 5.75. The Labute approximate surface area is 114 Å². The van der Waals surface area contributed by atoms with Crippen LogP contribution in [0.3, 0.4) is 0 Å². The highest BCUT2D eigenvalue weighted by atomic mass is 16.3. The van der Waals surface area contributed by atoms with Crippen LogP contribution in [0, 0.1) is 11.8 Å². The second-order valence-corrected chi connectivity index (χ2v) is 5.75. The molecule has 2 N–H and O–H groups in total. The van der Waals surface area contributed by atoms with E-state index in [0.29, 0.717) is 32.0 Å². The molecule has 1 unspecified atom stereocenters. The third-order valence-corrected chi connectivity index (χ3v) is 4.35. The molecule has 1 saturated carbocycles. The summed E-state index contributed by atoms with van der Waals surface area (Å²) < 4.78 is 0. The summed E-state index contributed by atoms with van der Waals surface area (Å²) in [6.07, 6.45) is 3.83. The lowest BCUT2D eigenvalue weighted by Crippen LogP contribution is -2.37. The molecule has 0 aromatic carbocycles. The number of nitrogens with zero attached hydrogens (tertiary/aromatic N) is 1. The number of rotatable bonds is 4. The first-order chi connectivity index (χ1) is 9.10. The topological polar surface area (TPSA) is 69.6 Å². The van der Waals surface area contributed by atoms with E-state index in [0.717, 1.165) is 25.7 Å². The summed E-state index contributed by atoms with van der Waals surface area (Å²) in [6, 6.07) is 0. The van der Waals surface area contributed by atoms with Crippen molar-refractivity contribution in [3.8, 4) is 0 Å². The molecule has 0 aromatic heterocycles. The van der Waals surface area contributed by atoms with E-state index in [2.05, 4.69) is 5.32 Å². The summed E-state index contributed by atoms with van der Waals surface area (Å²) in [7, 11) is 0. The number of likely N-dealkylation sites (tertiary alicyclic amines) is 1. The third kappa shape index (κ3) is 3.69. The maximum atomic E-state index is 12.0. The van der Waals surface area contributed by atoms with E-state index in [-0.39, 0.29) is 23.8 Å². The minimum atomic E-state index is -0.179. The summed E-state index contributed by atoms with van der Waals surface area (Å²) >= 11 is 0. The zero-order valence-electron chi connectivity index (χ0n) is 11.6. The number of amides is 2. The van der Waals surface area contributed by atoms with Gasteiger partial charge in [0, 0.05) is 26.1 Å². The first-order valence-electron chi connectivity index (χ1n) is 7.33. The highest BCUT2D eigenvalue weighted by molar-refractivity contribution is 5.89. The molecule has 1 aliphatic carbocycles. The lowest BCUT2D eigenvalue weighted by atomic mass is 9.87. The van der Waals surface area contributed by atoms with E-state index in [1.165, 1.54) is 0 Å². The van der Waals surface area contributed by atoms with Crippen molar-refractivity contribution >= 4 is 11.8 Å². The van der Waals surface area contributed by atoms with Gasteiger partial charge in [-0.2, -0.15) is 0 Å². The lowest BCUT2D eigenvalue weighted by molar-refractivity contribution is -0.128. The summed E-state index contributed by atoms with van der Waals surface area (Å²) in [6.45, 7) is 3.86. The fraction of sp³-hybridized carbons (Fsp3) is 0.857. The molecule has 0 bridgehead atoms. The number of aliphatic hydroxyl groups excluding tert-OH is 1. The van der Waals surface area contributed by atoms with E-state index in [1.807, 2.05) is 6.92 Å². The van der Waals surface area contributed by atoms with Gasteiger partial charge in [0.15, 0.2) is 0 Å². The number of carbonyl (C=O) groups is 2. The first-order valence-corrected chi connectivity index (χ1v) is 7.33. The summed E-state index contributed by atoms with van der Waals surface area (Å²) in [4.78, 5) is 25.3. The van der Waals surface area contributed by atoms with Crippen molar-refractivity contribution < 1.29 is 14.7 Å². The number of carbonyl (C=O) groups excluding carboxylic acids is 2. The van der Waals surface area contributed by atoms with Crippen LogP contribution < -0.4 is 5.32 Å². The van der Waals surface area contributed by atoms with Crippen LogP contribution in [0.1, 0.15) is 39.0 Å². The van der Waals surface area contributed by atoms with E-state index in [9.17, 15) is 14.7 Å². The first kappa shape index (κ1) is 14.3. The maximum Gasteiger partial charge on any atom is 0.225 e. The lowest BCUT2D eigenvalue weighted by Gasteiger charge is -2.25. The quantitative estimate of drug-likeness (QED) is 0.781. The zero-order chi connectivity index (χ0) is 13.8. The van der Waals surface area contributed by atoms with E-state index in [4.69, 9.17) is 0 Å². The van der Waals surface area contributed by atoms with Gasteiger partial charge in [0.25, 0.3) is 0 Å². The van der Waals surface area contributed by atoms with Gasteiger partial charge >= 0.3 is 0 Å². The summed E-state index contributed by atoms with van der Waals surface area (Å²) in [5.41, 5.74) is 0. The Morgan fingerprint density at radius 3 is 2.63 bits per heavy atom. The zero-order valence-corrected chi connectivity index (χ0v) is 11.6. The fourth-order valence-corrected chi connectivity index (χ4v) is 2.99. The van der Waals surface area contributed by atoms with Gasteiger partial charge in [0.1, 0.15) is 0 Å². The minimum Gasteiger partial charge on any atom is -0.393 e. The van der Waals surface area contributed by atoms with Gasteiger partial charge in [-0.1, -0.05) is 0 Å². The normalized spacial score (nSPS) is 31.6. The Balaban J connectivity index is 1.72. The van der Waals surface area contributed by atoms with Crippen LogP contribution in [0.4, 0.5) is 0 Å². The number of aliphatic hydroxyl groups is 1. The molecule has 2 aliphatic rings. The SMILES string of the molecule is CCN1CC(C(=O)NCC2CCC(O)CC2)CC1=O. The van der Waals surface area contributed by atoms with Crippen molar-refractivity contribution in [2.75, 3.05) is 19.6 Å². The average molecular weight is 268 g/mol. The van der Waals surface area contributed by atoms with Crippen molar-refractivity contribution in [3.63, 3.8) is 0 Å². The smallest absolute Gasteiger partial charge is 0.225 e. The molecule has 2 amide bonds. The molecule has 1 heterocycles. The van der Waals surface area contributed by atoms with Crippen LogP contribution in [0.15, 0.2) is 0 Å². The molecule has 19 heavy (non-hydrogen) atoms. The summed E-state index contributed by atoms with van der Waals surface area (Å²) in [5, 5.41) is 12.4. The van der Waals surface area contributed by atoms with Crippen LogP contribution >= 0.6 is 0 Å². The van der Waals surface area contributed by atoms with Gasteiger partial charge in [0.05, 0.1) is 12.0 Å². The molecule has 0 spiro atoms. The van der Waals surface area contributed by atoms with E-state index < -0.39 is 0 Å². The van der Waals surface area contributed by atoms with E-state index in [1.54, 1.807) is 4.90 Å². The van der Waals surface area contributed by atoms with Crippen LogP contribution in [-0.2, 0) is 9.59 Å². The van der Waals surface area contributed by atoms with Crippen LogP contribution in [-0.4, -0.2) is 47.6 Å². The van der Waals surface area contributed by atoms with Crippen molar-refractivity contribution in [2.45, 2.75) is 45.1 Å². The average Bonchev–Trinajstić information content (AvgIpc) is 2.79. The van der Waals surface area contributed by atoms with E-state index >= 15 is 0 Å². The van der Waals surface area contributed by atoms with Gasteiger partial charge in [0.2, 0.25) is 11.8 Å². The number of hydrogen-bond donors (Lipinski definition) is 2. The Morgan fingerprint density at radius 2 is 2.05 bits per heavy atom. The molecule has 2 rings (SSSR count). The van der Waals surface area contributed by atoms with Gasteiger partial charge in [-0.15, -0.1) is 0 Å². The predicted molar refractivity (Wildman–Crippen MR) is 71.3 cm³/mol. The van der Waals surface area contributed by atoms with Crippen LogP contribution in [0.5, 0.6) is 0 Å². The Kier molecular flexibility index (Phi) is 4.80. The third-order valence-electron chi connectivity index (χ3n) is 4.35. The van der Waals surface area contributed by atoms with Gasteiger partial charge in [-0.3, -0.25) is 9.59 Å². The maximum absolute atomic E-state index is 12.0. The number of nitrogens with one attached hydrogen (secondary N) is 1. The Bertz CT molecular complexity index is 338. The van der Waals surface area contributed by atoms with Crippen LogP contribution in [0.25, 0.3) is 0 Å². The Morgan fingerprint density at radius 1 is 1.37 bits per heavy atom. The van der Waals surface area contributed by atoms with Gasteiger partial charge < -0.3 is 15.3 Å². The van der Waals surface area contributed by atoms with Crippen molar-refractivity contribution in [3.05, 3.63) is 0 Å². The van der Waals surface area contributed by atoms with Crippen LogP contribution in [0.2, 0.25) is 0 Å². The highest BCUT2D eigenvalue weighted by Gasteiger charge is 2.33. The molecule has 5 heteroatoms. The second kappa shape index (κ2) is 6.37. The number of hydrogen-bond acceptors (Lipinski definition) is 3. The minimum absolute atomic E-state index is 0.00965. The molecule has 1 aliphatic heterocycles. The predicted octanol–water partition coefficient (Wildman–Crippen LogP) is 0.522. The standard InChI is InChI=1S/C14H24N2O3/c1-2-16-9-11(7-13(16)18)14(19)15-8-10-3-5-12(17)6-4-10/h10-12,17H,2-9H2,1H3,(H,15,19). The van der Waals surface area contributed by atoms with Crippen molar-refractivity contribution in [1.82, 2.24) is 10.2 Å². The Hall–Kier alpha value is -1.10. The molecule has 2 fully saturated rings. The monoisotopic (exact) mass is 268 g/mol. The largest absolute Gasteiger partial charge is 0.393 e. The molecule has 1 saturated heterocycles. The molecular formula is C14H24N2O3. The van der Waals surface area contributed by atoms with Gasteiger partial charge in [-0.25, -0.2) is 0 Å². The van der Waals surface area contributed by atoms with Crippen molar-refractivity contribution in [1.29, 1.82) is 0 Å². The van der Waals surface area contributed by atoms with Crippen molar-refractivity contribution in [2.24, 2.45) is 11.8 Å². The fourth-order valence-electron chi connectivity index (χ4n) is 2.99.